The number of benzene rings is 2. The molecular weight excluding hydrogens is 368 g/mol. The van der Waals surface area contributed by atoms with Gasteiger partial charge >= 0.3 is 5.97 Å². The number of esters is 1. The van der Waals surface area contributed by atoms with Crippen LogP contribution in [0.1, 0.15) is 21.7 Å². The van der Waals surface area contributed by atoms with Crippen molar-refractivity contribution in [3.8, 4) is 5.69 Å². The molecular formula is C22H24N4O3. The number of aryl methyl sites for hydroxylation is 1. The van der Waals surface area contributed by atoms with Crippen molar-refractivity contribution in [2.45, 2.75) is 13.8 Å². The lowest BCUT2D eigenvalue weighted by molar-refractivity contribution is -0.119. The van der Waals surface area contributed by atoms with Crippen molar-refractivity contribution in [2.75, 3.05) is 30.9 Å². The molecule has 0 saturated carbocycles. The zero-order valence-electron chi connectivity index (χ0n) is 17.0. The summed E-state index contributed by atoms with van der Waals surface area (Å²) in [7, 11) is 3.88. The molecule has 0 saturated heterocycles. The van der Waals surface area contributed by atoms with E-state index in [2.05, 4.69) is 10.4 Å². The highest BCUT2D eigenvalue weighted by Crippen LogP contribution is 2.19. The zero-order valence-corrected chi connectivity index (χ0v) is 17.0. The predicted molar refractivity (Wildman–Crippen MR) is 113 cm³/mol. The number of carbonyl (C=O) groups is 2. The van der Waals surface area contributed by atoms with E-state index in [4.69, 9.17) is 4.74 Å². The first-order chi connectivity index (χ1) is 13.9. The van der Waals surface area contributed by atoms with Gasteiger partial charge in [-0.2, -0.15) is 5.10 Å². The Morgan fingerprint density at radius 2 is 1.69 bits per heavy atom. The molecule has 3 rings (SSSR count). The maximum absolute atomic E-state index is 12.5. The molecule has 0 unspecified atom stereocenters. The van der Waals surface area contributed by atoms with E-state index in [9.17, 15) is 9.59 Å². The van der Waals surface area contributed by atoms with Gasteiger partial charge in [-0.25, -0.2) is 9.48 Å². The average Bonchev–Trinajstić information content (AvgIpc) is 3.01. The lowest BCUT2D eigenvalue weighted by Crippen LogP contribution is -2.21. The maximum atomic E-state index is 12.5. The van der Waals surface area contributed by atoms with Crippen LogP contribution in [0.2, 0.25) is 0 Å². The number of hydrogen-bond acceptors (Lipinski definition) is 5. The molecule has 1 amide bonds. The topological polar surface area (TPSA) is 76.5 Å². The van der Waals surface area contributed by atoms with Gasteiger partial charge in [0.1, 0.15) is 5.56 Å². The first-order valence-corrected chi connectivity index (χ1v) is 9.23. The summed E-state index contributed by atoms with van der Waals surface area (Å²) in [5.74, 6) is -0.970. The van der Waals surface area contributed by atoms with Gasteiger partial charge in [0.05, 0.1) is 17.1 Å². The summed E-state index contributed by atoms with van der Waals surface area (Å²) in [6.45, 7) is 3.18. The Kier molecular flexibility index (Phi) is 5.97. The Balaban J connectivity index is 1.63. The van der Waals surface area contributed by atoms with E-state index in [1.165, 1.54) is 0 Å². The maximum Gasteiger partial charge on any atom is 0.342 e. The van der Waals surface area contributed by atoms with Gasteiger partial charge in [-0.3, -0.25) is 4.79 Å². The predicted octanol–water partition coefficient (Wildman–Crippen LogP) is 3.35. The average molecular weight is 392 g/mol. The summed E-state index contributed by atoms with van der Waals surface area (Å²) in [6, 6.07) is 16.9. The second-order valence-electron chi connectivity index (χ2n) is 6.86. The lowest BCUT2D eigenvalue weighted by Gasteiger charge is -2.13. The molecule has 0 aliphatic heterocycles. The Morgan fingerprint density at radius 3 is 2.31 bits per heavy atom. The molecule has 7 nitrogen and oxygen atoms in total. The fraction of sp³-hybridized carbons (Fsp3) is 0.227. The summed E-state index contributed by atoms with van der Waals surface area (Å²) < 4.78 is 6.92. The molecule has 29 heavy (non-hydrogen) atoms. The van der Waals surface area contributed by atoms with Gasteiger partial charge < -0.3 is 15.0 Å². The monoisotopic (exact) mass is 392 g/mol. The zero-order chi connectivity index (χ0) is 21.0. The van der Waals surface area contributed by atoms with Crippen molar-refractivity contribution in [3.05, 3.63) is 71.5 Å². The van der Waals surface area contributed by atoms with Crippen molar-refractivity contribution in [2.24, 2.45) is 0 Å². The molecule has 1 aromatic heterocycles. The van der Waals surface area contributed by atoms with Crippen LogP contribution in [-0.4, -0.2) is 42.4 Å². The standard InChI is InChI=1S/C22H24N4O3/c1-15-21(16(2)26(24-15)19-8-6-5-7-9-19)22(28)29-14-20(27)23-17-10-12-18(13-11-17)25(3)4/h5-13H,14H2,1-4H3,(H,23,27). The van der Waals surface area contributed by atoms with Crippen molar-refractivity contribution in [1.82, 2.24) is 9.78 Å². The third-order valence-electron chi connectivity index (χ3n) is 4.50. The summed E-state index contributed by atoms with van der Waals surface area (Å²) in [6.07, 6.45) is 0. The molecule has 3 aromatic rings. The third kappa shape index (κ3) is 4.63. The lowest BCUT2D eigenvalue weighted by atomic mass is 10.2. The van der Waals surface area contributed by atoms with Gasteiger partial charge in [0, 0.05) is 25.5 Å². The fourth-order valence-corrected chi connectivity index (χ4v) is 3.00. The van der Waals surface area contributed by atoms with Gasteiger partial charge in [-0.15, -0.1) is 0 Å². The minimum absolute atomic E-state index is 0.371. The SMILES string of the molecule is Cc1nn(-c2ccccc2)c(C)c1C(=O)OCC(=O)Nc1ccc(N(C)C)cc1. The number of hydrogen-bond donors (Lipinski definition) is 1. The van der Waals surface area contributed by atoms with Crippen LogP contribution in [0.4, 0.5) is 11.4 Å². The van der Waals surface area contributed by atoms with E-state index < -0.39 is 11.9 Å². The van der Waals surface area contributed by atoms with Gasteiger partial charge in [-0.05, 0) is 50.2 Å². The molecule has 2 aromatic carbocycles. The summed E-state index contributed by atoms with van der Waals surface area (Å²) >= 11 is 0. The molecule has 7 heteroatoms. The first-order valence-electron chi connectivity index (χ1n) is 9.23. The third-order valence-corrected chi connectivity index (χ3v) is 4.50. The largest absolute Gasteiger partial charge is 0.452 e. The van der Waals surface area contributed by atoms with Crippen LogP contribution in [0.15, 0.2) is 54.6 Å². The molecule has 150 valence electrons. The number of nitrogens with one attached hydrogen (secondary N) is 1. The number of amides is 1. The van der Waals surface area contributed by atoms with E-state index >= 15 is 0 Å². The second-order valence-corrected chi connectivity index (χ2v) is 6.86. The molecule has 0 aliphatic rings. The summed E-state index contributed by atoms with van der Waals surface area (Å²) in [5, 5.41) is 7.15. The highest BCUT2D eigenvalue weighted by Gasteiger charge is 2.21. The molecule has 1 heterocycles. The van der Waals surface area contributed by atoms with E-state index in [1.807, 2.05) is 61.5 Å². The van der Waals surface area contributed by atoms with E-state index in [1.54, 1.807) is 30.7 Å². The van der Waals surface area contributed by atoms with Gasteiger partial charge in [-0.1, -0.05) is 18.2 Å². The van der Waals surface area contributed by atoms with Crippen LogP contribution in [0.25, 0.3) is 5.69 Å². The highest BCUT2D eigenvalue weighted by molar-refractivity contribution is 5.96. The van der Waals surface area contributed by atoms with E-state index in [0.29, 0.717) is 22.6 Å². The summed E-state index contributed by atoms with van der Waals surface area (Å²) in [4.78, 5) is 26.7. The number of para-hydroxylation sites is 1. The van der Waals surface area contributed by atoms with Crippen molar-refractivity contribution >= 4 is 23.3 Å². The second kappa shape index (κ2) is 8.60. The van der Waals surface area contributed by atoms with Crippen LogP contribution in [0.5, 0.6) is 0 Å². The highest BCUT2D eigenvalue weighted by atomic mass is 16.5. The van der Waals surface area contributed by atoms with Crippen LogP contribution in [0, 0.1) is 13.8 Å². The van der Waals surface area contributed by atoms with E-state index in [-0.39, 0.29) is 6.61 Å². The molecule has 0 radical (unpaired) electrons. The first kappa shape index (κ1) is 20.1. The molecule has 0 atom stereocenters. The van der Waals surface area contributed by atoms with Crippen molar-refractivity contribution in [1.29, 1.82) is 0 Å². The Labute approximate surface area is 169 Å². The number of rotatable bonds is 6. The van der Waals surface area contributed by atoms with Crippen LogP contribution >= 0.6 is 0 Å². The van der Waals surface area contributed by atoms with Crippen molar-refractivity contribution in [3.63, 3.8) is 0 Å². The molecule has 1 N–H and O–H groups in total. The molecule has 0 fully saturated rings. The number of carbonyl (C=O) groups excluding carboxylic acids is 2. The minimum atomic E-state index is -0.569. The number of aromatic nitrogens is 2. The quantitative estimate of drug-likeness (QED) is 0.651. The normalized spacial score (nSPS) is 10.5. The van der Waals surface area contributed by atoms with Gasteiger partial charge in [0.15, 0.2) is 6.61 Å². The number of anilines is 2. The van der Waals surface area contributed by atoms with Crippen LogP contribution in [-0.2, 0) is 9.53 Å². The smallest absolute Gasteiger partial charge is 0.342 e. The Morgan fingerprint density at radius 1 is 1.03 bits per heavy atom. The fourth-order valence-electron chi connectivity index (χ4n) is 3.00. The number of ether oxygens (including phenoxy) is 1. The number of nitrogens with zero attached hydrogens (tertiary/aromatic N) is 3. The molecule has 0 bridgehead atoms. The van der Waals surface area contributed by atoms with Gasteiger partial charge in [0.2, 0.25) is 0 Å². The summed E-state index contributed by atoms with van der Waals surface area (Å²) in [5.41, 5.74) is 4.11. The van der Waals surface area contributed by atoms with Crippen LogP contribution in [0.3, 0.4) is 0 Å². The van der Waals surface area contributed by atoms with Crippen LogP contribution < -0.4 is 10.2 Å². The van der Waals surface area contributed by atoms with Gasteiger partial charge in [0.25, 0.3) is 5.91 Å². The molecule has 0 spiro atoms. The minimum Gasteiger partial charge on any atom is -0.452 e. The van der Waals surface area contributed by atoms with Crippen molar-refractivity contribution < 1.29 is 14.3 Å². The Hall–Kier alpha value is -3.61. The molecule has 0 aliphatic carbocycles. The van der Waals surface area contributed by atoms with E-state index in [0.717, 1.165) is 11.4 Å². The Bertz CT molecular complexity index is 1010.